The van der Waals surface area contributed by atoms with E-state index in [1.807, 2.05) is 6.07 Å². The summed E-state index contributed by atoms with van der Waals surface area (Å²) in [5.41, 5.74) is 6.41. The van der Waals surface area contributed by atoms with Gasteiger partial charge in [-0.05, 0) is 23.1 Å². The number of pyridine rings is 1. The first-order chi connectivity index (χ1) is 8.31. The van der Waals surface area contributed by atoms with Crippen molar-refractivity contribution >= 4 is 22.9 Å². The lowest BCUT2D eigenvalue weighted by Gasteiger charge is -2.08. The molecule has 0 saturated carbocycles. The highest BCUT2D eigenvalue weighted by atomic mass is 35.5. The summed E-state index contributed by atoms with van der Waals surface area (Å²) in [6, 6.07) is 5.91. The zero-order valence-electron chi connectivity index (χ0n) is 9.23. The first kappa shape index (κ1) is 12.4. The van der Waals surface area contributed by atoms with Crippen LogP contribution in [0.2, 0.25) is 5.02 Å². The molecule has 0 spiro atoms. The van der Waals surface area contributed by atoms with Gasteiger partial charge in [-0.25, -0.2) is 4.98 Å². The summed E-state index contributed by atoms with van der Waals surface area (Å²) >= 11 is 7.82. The van der Waals surface area contributed by atoms with Crippen LogP contribution >= 0.6 is 22.9 Å². The number of nitrogens with two attached hydrogens (primary N) is 1. The second-order valence-electron chi connectivity index (χ2n) is 3.47. The van der Waals surface area contributed by atoms with Crippen molar-refractivity contribution in [3.63, 3.8) is 0 Å². The van der Waals surface area contributed by atoms with Crippen LogP contribution in [-0.4, -0.2) is 11.6 Å². The molecule has 0 aromatic carbocycles. The normalized spacial score (nSPS) is 10.5. The molecule has 0 atom stereocenters. The molecule has 0 aliphatic heterocycles. The van der Waals surface area contributed by atoms with Crippen molar-refractivity contribution in [3.05, 3.63) is 45.2 Å². The summed E-state index contributed by atoms with van der Waals surface area (Å²) in [7, 11) is 0. The molecule has 17 heavy (non-hydrogen) atoms. The molecule has 0 aliphatic rings. The molecular weight excluding hydrogens is 256 g/mol. The van der Waals surface area contributed by atoms with E-state index in [2.05, 4.69) is 16.4 Å². The minimum atomic E-state index is 0.392. The van der Waals surface area contributed by atoms with Crippen LogP contribution in [0.3, 0.4) is 0 Å². The van der Waals surface area contributed by atoms with Gasteiger partial charge in [-0.3, -0.25) is 0 Å². The zero-order valence-corrected chi connectivity index (χ0v) is 10.8. The maximum atomic E-state index is 6.10. The van der Waals surface area contributed by atoms with Crippen molar-refractivity contribution in [3.8, 4) is 5.88 Å². The van der Waals surface area contributed by atoms with E-state index >= 15 is 0 Å². The van der Waals surface area contributed by atoms with E-state index < -0.39 is 0 Å². The molecule has 0 radical (unpaired) electrons. The van der Waals surface area contributed by atoms with Crippen LogP contribution in [0.1, 0.15) is 10.4 Å². The lowest BCUT2D eigenvalue weighted by atomic mass is 10.3. The Morgan fingerprint density at radius 1 is 1.41 bits per heavy atom. The van der Waals surface area contributed by atoms with Crippen molar-refractivity contribution in [1.29, 1.82) is 0 Å². The zero-order chi connectivity index (χ0) is 12.1. The van der Waals surface area contributed by atoms with Gasteiger partial charge in [0.05, 0.1) is 6.61 Å². The number of ether oxygens (including phenoxy) is 1. The summed E-state index contributed by atoms with van der Waals surface area (Å²) < 4.78 is 5.56. The Labute approximate surface area is 109 Å². The van der Waals surface area contributed by atoms with Crippen LogP contribution in [0.5, 0.6) is 5.88 Å². The van der Waals surface area contributed by atoms with Crippen molar-refractivity contribution in [1.82, 2.24) is 4.98 Å². The number of hydrogen-bond acceptors (Lipinski definition) is 4. The molecule has 0 bridgehead atoms. The van der Waals surface area contributed by atoms with Gasteiger partial charge in [0.1, 0.15) is 5.02 Å². The van der Waals surface area contributed by atoms with Crippen molar-refractivity contribution in [2.24, 2.45) is 5.73 Å². The third kappa shape index (κ3) is 3.19. The Kier molecular flexibility index (Phi) is 4.36. The first-order valence-electron chi connectivity index (χ1n) is 5.30. The lowest BCUT2D eigenvalue weighted by molar-refractivity contribution is 0.310. The quantitative estimate of drug-likeness (QED) is 0.907. The maximum absolute atomic E-state index is 6.10. The second-order valence-corrected chi connectivity index (χ2v) is 4.88. The highest BCUT2D eigenvalue weighted by molar-refractivity contribution is 7.09. The molecular formula is C12H13ClN2OS. The van der Waals surface area contributed by atoms with Gasteiger partial charge in [0.25, 0.3) is 0 Å². The number of aromatic nitrogens is 1. The molecule has 2 aromatic rings. The summed E-state index contributed by atoms with van der Waals surface area (Å²) in [4.78, 5) is 5.39. The minimum Gasteiger partial charge on any atom is -0.476 e. The molecule has 3 nitrogen and oxygen atoms in total. The third-order valence-electron chi connectivity index (χ3n) is 2.32. The molecule has 2 aromatic heterocycles. The predicted octanol–water partition coefficient (Wildman–Crippen LogP) is 2.88. The second kappa shape index (κ2) is 6.00. The topological polar surface area (TPSA) is 48.1 Å². The molecule has 2 heterocycles. The van der Waals surface area contributed by atoms with Gasteiger partial charge in [0.15, 0.2) is 0 Å². The van der Waals surface area contributed by atoms with Crippen LogP contribution in [0.4, 0.5) is 0 Å². The number of rotatable bonds is 5. The summed E-state index contributed by atoms with van der Waals surface area (Å²) in [5, 5.41) is 2.57. The average molecular weight is 269 g/mol. The molecule has 0 amide bonds. The van der Waals surface area contributed by atoms with E-state index in [1.54, 1.807) is 23.6 Å². The van der Waals surface area contributed by atoms with Crippen molar-refractivity contribution in [2.75, 3.05) is 6.61 Å². The first-order valence-corrected chi connectivity index (χ1v) is 6.55. The van der Waals surface area contributed by atoms with Gasteiger partial charge in [0.2, 0.25) is 5.88 Å². The fraction of sp³-hybridized carbons (Fsp3) is 0.250. The van der Waals surface area contributed by atoms with Crippen LogP contribution in [-0.2, 0) is 13.0 Å². The number of thiophene rings is 1. The van der Waals surface area contributed by atoms with Gasteiger partial charge in [-0.15, -0.1) is 11.3 Å². The monoisotopic (exact) mass is 268 g/mol. The van der Waals surface area contributed by atoms with Crippen LogP contribution in [0.25, 0.3) is 0 Å². The molecule has 2 rings (SSSR count). The third-order valence-corrected chi connectivity index (χ3v) is 3.67. The van der Waals surface area contributed by atoms with E-state index in [4.69, 9.17) is 22.1 Å². The average Bonchev–Trinajstić information content (AvgIpc) is 2.84. The number of hydrogen-bond donors (Lipinski definition) is 1. The molecule has 2 N–H and O–H groups in total. The Balaban J connectivity index is 1.95. The van der Waals surface area contributed by atoms with Crippen LogP contribution < -0.4 is 10.5 Å². The number of nitrogens with zero attached hydrogens (tertiary/aromatic N) is 1. The number of halogens is 1. The van der Waals surface area contributed by atoms with Gasteiger partial charge in [-0.2, -0.15) is 0 Å². The van der Waals surface area contributed by atoms with Crippen LogP contribution in [0.15, 0.2) is 29.8 Å². The fourth-order valence-corrected chi connectivity index (χ4v) is 2.36. The van der Waals surface area contributed by atoms with Crippen molar-refractivity contribution < 1.29 is 4.74 Å². The Bertz CT molecular complexity index is 473. The SMILES string of the molecule is NCc1ccnc(OCCc2cccs2)c1Cl. The van der Waals surface area contributed by atoms with Gasteiger partial charge in [-0.1, -0.05) is 17.7 Å². The predicted molar refractivity (Wildman–Crippen MR) is 70.7 cm³/mol. The molecule has 0 fully saturated rings. The maximum Gasteiger partial charge on any atom is 0.232 e. The highest BCUT2D eigenvalue weighted by Crippen LogP contribution is 2.25. The molecule has 5 heteroatoms. The molecule has 0 unspecified atom stereocenters. The molecule has 90 valence electrons. The summed E-state index contributed by atoms with van der Waals surface area (Å²) in [5.74, 6) is 0.464. The standard InChI is InChI=1S/C12H13ClN2OS/c13-11-9(8-14)3-5-15-12(11)16-6-4-10-2-1-7-17-10/h1-3,5,7H,4,6,8,14H2. The smallest absolute Gasteiger partial charge is 0.232 e. The van der Waals surface area contributed by atoms with Gasteiger partial charge >= 0.3 is 0 Å². The largest absolute Gasteiger partial charge is 0.476 e. The van der Waals surface area contributed by atoms with E-state index in [-0.39, 0.29) is 0 Å². The van der Waals surface area contributed by atoms with E-state index in [9.17, 15) is 0 Å². The van der Waals surface area contributed by atoms with Crippen molar-refractivity contribution in [2.45, 2.75) is 13.0 Å². The van der Waals surface area contributed by atoms with E-state index in [1.165, 1.54) is 4.88 Å². The lowest BCUT2D eigenvalue weighted by Crippen LogP contribution is -2.04. The molecule has 0 saturated heterocycles. The van der Waals surface area contributed by atoms with E-state index in [0.717, 1.165) is 12.0 Å². The summed E-state index contributed by atoms with van der Waals surface area (Å²) in [6.07, 6.45) is 2.52. The summed E-state index contributed by atoms with van der Waals surface area (Å²) in [6.45, 7) is 0.962. The Morgan fingerprint density at radius 2 is 2.29 bits per heavy atom. The van der Waals surface area contributed by atoms with Crippen LogP contribution in [0, 0.1) is 0 Å². The van der Waals surface area contributed by atoms with E-state index in [0.29, 0.717) is 24.1 Å². The highest BCUT2D eigenvalue weighted by Gasteiger charge is 2.07. The minimum absolute atomic E-state index is 0.392. The Hall–Kier alpha value is -1.10. The Morgan fingerprint density at radius 3 is 3.00 bits per heavy atom. The fourth-order valence-electron chi connectivity index (χ4n) is 1.42. The van der Waals surface area contributed by atoms with Gasteiger partial charge < -0.3 is 10.5 Å². The molecule has 0 aliphatic carbocycles. The van der Waals surface area contributed by atoms with Gasteiger partial charge in [0, 0.05) is 24.0 Å².